The number of carbonyl (C=O) groups is 2. The minimum absolute atomic E-state index is 0.0454. The first-order valence-corrected chi connectivity index (χ1v) is 9.92. The van der Waals surface area contributed by atoms with Gasteiger partial charge in [0.2, 0.25) is 0 Å². The zero-order valence-corrected chi connectivity index (χ0v) is 15.9. The SMILES string of the molecule is O=C(O)c1cc2n(n1)CCC(NC(=O)c1cnn3ccc(N4CCCC4)cc13)C2. The molecule has 9 heteroatoms. The first kappa shape index (κ1) is 17.7. The van der Waals surface area contributed by atoms with Gasteiger partial charge in [-0.1, -0.05) is 0 Å². The molecule has 0 spiro atoms. The minimum Gasteiger partial charge on any atom is -0.476 e. The standard InChI is InChI=1S/C20H22N6O3/c27-19(22-13-3-7-25-15(9-13)10-17(23-25)20(28)29)16-12-21-26-8-4-14(11-18(16)26)24-5-1-2-6-24/h4,8,10-13H,1-3,5-7,9H2,(H,22,27)(H,28,29). The molecule has 1 amide bonds. The van der Waals surface area contributed by atoms with Gasteiger partial charge in [-0.3, -0.25) is 9.48 Å². The van der Waals surface area contributed by atoms with Crippen molar-refractivity contribution >= 4 is 23.1 Å². The van der Waals surface area contributed by atoms with Gasteiger partial charge in [-0.2, -0.15) is 10.2 Å². The molecule has 3 aromatic rings. The van der Waals surface area contributed by atoms with E-state index < -0.39 is 5.97 Å². The van der Waals surface area contributed by atoms with Crippen LogP contribution in [0.4, 0.5) is 5.69 Å². The predicted molar refractivity (Wildman–Crippen MR) is 105 cm³/mol. The lowest BCUT2D eigenvalue weighted by Gasteiger charge is -2.24. The number of amides is 1. The van der Waals surface area contributed by atoms with Crippen LogP contribution in [0.5, 0.6) is 0 Å². The Morgan fingerprint density at radius 3 is 2.79 bits per heavy atom. The summed E-state index contributed by atoms with van der Waals surface area (Å²) in [4.78, 5) is 26.4. The Balaban J connectivity index is 1.34. The van der Waals surface area contributed by atoms with Crippen LogP contribution in [0.15, 0.2) is 30.6 Å². The number of hydrogen-bond donors (Lipinski definition) is 2. The largest absolute Gasteiger partial charge is 0.476 e. The number of pyridine rings is 1. The number of aromatic carboxylic acids is 1. The fourth-order valence-corrected chi connectivity index (χ4v) is 4.25. The first-order chi connectivity index (χ1) is 14.1. The smallest absolute Gasteiger partial charge is 0.356 e. The van der Waals surface area contributed by atoms with E-state index in [0.29, 0.717) is 24.9 Å². The van der Waals surface area contributed by atoms with Crippen molar-refractivity contribution in [3.63, 3.8) is 0 Å². The van der Waals surface area contributed by atoms with Crippen molar-refractivity contribution < 1.29 is 14.7 Å². The summed E-state index contributed by atoms with van der Waals surface area (Å²) in [6.07, 6.45) is 7.15. The van der Waals surface area contributed by atoms with Gasteiger partial charge in [0.1, 0.15) is 0 Å². The number of nitrogens with one attached hydrogen (secondary N) is 1. The van der Waals surface area contributed by atoms with Crippen LogP contribution in [0.3, 0.4) is 0 Å². The number of fused-ring (bicyclic) bond motifs is 2. The summed E-state index contributed by atoms with van der Waals surface area (Å²) in [5, 5.41) is 20.6. The topological polar surface area (TPSA) is 105 Å². The molecule has 2 aliphatic heterocycles. The molecule has 0 bridgehead atoms. The summed E-state index contributed by atoms with van der Waals surface area (Å²) in [5.74, 6) is -1.19. The molecule has 1 unspecified atom stereocenters. The number of rotatable bonds is 4. The normalized spacial score (nSPS) is 18.8. The highest BCUT2D eigenvalue weighted by atomic mass is 16.4. The number of carboxylic acid groups (broad SMARTS) is 1. The molecule has 29 heavy (non-hydrogen) atoms. The highest BCUT2D eigenvalue weighted by molar-refractivity contribution is 6.01. The molecule has 1 fully saturated rings. The quantitative estimate of drug-likeness (QED) is 0.696. The van der Waals surface area contributed by atoms with Crippen molar-refractivity contribution in [2.75, 3.05) is 18.0 Å². The van der Waals surface area contributed by atoms with Crippen molar-refractivity contribution in [3.05, 3.63) is 47.5 Å². The molecule has 1 saturated heterocycles. The van der Waals surface area contributed by atoms with E-state index in [-0.39, 0.29) is 17.6 Å². The van der Waals surface area contributed by atoms with Gasteiger partial charge in [0.25, 0.3) is 5.91 Å². The van der Waals surface area contributed by atoms with Crippen molar-refractivity contribution in [1.29, 1.82) is 0 Å². The monoisotopic (exact) mass is 394 g/mol. The Hall–Kier alpha value is -3.36. The average molecular weight is 394 g/mol. The van der Waals surface area contributed by atoms with Crippen LogP contribution < -0.4 is 10.2 Å². The number of carboxylic acids is 1. The molecule has 9 nitrogen and oxygen atoms in total. The van der Waals surface area contributed by atoms with Crippen molar-refractivity contribution in [2.45, 2.75) is 38.3 Å². The Morgan fingerprint density at radius 2 is 2.00 bits per heavy atom. The highest BCUT2D eigenvalue weighted by Crippen LogP contribution is 2.24. The second-order valence-electron chi connectivity index (χ2n) is 7.68. The van der Waals surface area contributed by atoms with E-state index in [0.717, 1.165) is 30.0 Å². The molecule has 0 saturated carbocycles. The number of nitrogens with zero attached hydrogens (tertiary/aromatic N) is 5. The Morgan fingerprint density at radius 1 is 1.17 bits per heavy atom. The zero-order valence-electron chi connectivity index (χ0n) is 15.9. The zero-order chi connectivity index (χ0) is 20.0. The highest BCUT2D eigenvalue weighted by Gasteiger charge is 2.25. The van der Waals surface area contributed by atoms with Crippen LogP contribution in [0.2, 0.25) is 0 Å². The van der Waals surface area contributed by atoms with E-state index in [1.165, 1.54) is 12.8 Å². The molecule has 0 radical (unpaired) electrons. The Labute approximate surface area is 166 Å². The summed E-state index contributed by atoms with van der Waals surface area (Å²) in [7, 11) is 0. The third-order valence-corrected chi connectivity index (χ3v) is 5.78. The summed E-state index contributed by atoms with van der Waals surface area (Å²) < 4.78 is 3.44. The molecule has 3 aromatic heterocycles. The first-order valence-electron chi connectivity index (χ1n) is 9.92. The van der Waals surface area contributed by atoms with Gasteiger partial charge in [0.05, 0.1) is 17.3 Å². The van der Waals surface area contributed by atoms with E-state index in [2.05, 4.69) is 20.4 Å². The predicted octanol–water partition coefficient (Wildman–Crippen LogP) is 1.57. The van der Waals surface area contributed by atoms with Gasteiger partial charge < -0.3 is 15.3 Å². The maximum Gasteiger partial charge on any atom is 0.356 e. The van der Waals surface area contributed by atoms with Gasteiger partial charge in [-0.05, 0) is 37.5 Å². The van der Waals surface area contributed by atoms with E-state index >= 15 is 0 Å². The molecule has 0 aromatic carbocycles. The van der Waals surface area contributed by atoms with Crippen molar-refractivity contribution in [1.82, 2.24) is 24.7 Å². The minimum atomic E-state index is -1.03. The average Bonchev–Trinajstić information content (AvgIpc) is 3.45. The lowest BCUT2D eigenvalue weighted by molar-refractivity contribution is 0.0689. The van der Waals surface area contributed by atoms with Crippen molar-refractivity contribution in [3.8, 4) is 0 Å². The number of anilines is 1. The van der Waals surface area contributed by atoms with E-state index in [4.69, 9.17) is 5.11 Å². The Bertz CT molecular complexity index is 1100. The maximum atomic E-state index is 13.0. The van der Waals surface area contributed by atoms with Crippen LogP contribution in [0, 0.1) is 0 Å². The van der Waals surface area contributed by atoms with Crippen LogP contribution in [-0.4, -0.2) is 55.5 Å². The van der Waals surface area contributed by atoms with Crippen molar-refractivity contribution in [2.24, 2.45) is 0 Å². The summed E-state index contributed by atoms with van der Waals surface area (Å²) in [5.41, 5.74) is 3.34. The lowest BCUT2D eigenvalue weighted by atomic mass is 10.0. The van der Waals surface area contributed by atoms with Gasteiger partial charge in [0.15, 0.2) is 5.69 Å². The molecular formula is C20H22N6O3. The molecular weight excluding hydrogens is 372 g/mol. The van der Waals surface area contributed by atoms with Gasteiger partial charge in [0, 0.05) is 49.7 Å². The number of hydrogen-bond acceptors (Lipinski definition) is 5. The molecule has 5 rings (SSSR count). The third-order valence-electron chi connectivity index (χ3n) is 5.78. The molecule has 1 atom stereocenters. The summed E-state index contributed by atoms with van der Waals surface area (Å²) in [6, 6.07) is 5.58. The number of aromatic nitrogens is 4. The fraction of sp³-hybridized carbons (Fsp3) is 0.400. The second-order valence-corrected chi connectivity index (χ2v) is 7.68. The summed E-state index contributed by atoms with van der Waals surface area (Å²) >= 11 is 0. The molecule has 150 valence electrons. The van der Waals surface area contributed by atoms with Crippen LogP contribution in [-0.2, 0) is 13.0 Å². The van der Waals surface area contributed by atoms with Gasteiger partial charge in [-0.15, -0.1) is 0 Å². The Kier molecular flexibility index (Phi) is 4.22. The molecule has 5 heterocycles. The summed E-state index contributed by atoms with van der Waals surface area (Å²) in [6.45, 7) is 2.67. The van der Waals surface area contributed by atoms with E-state index in [1.807, 2.05) is 18.3 Å². The fourth-order valence-electron chi connectivity index (χ4n) is 4.25. The lowest BCUT2D eigenvalue weighted by Crippen LogP contribution is -2.40. The van der Waals surface area contributed by atoms with Crippen LogP contribution in [0.25, 0.3) is 5.52 Å². The molecule has 2 aliphatic rings. The van der Waals surface area contributed by atoms with E-state index in [9.17, 15) is 9.59 Å². The molecule has 2 N–H and O–H groups in total. The molecule has 0 aliphatic carbocycles. The van der Waals surface area contributed by atoms with Crippen LogP contribution >= 0.6 is 0 Å². The maximum absolute atomic E-state index is 13.0. The van der Waals surface area contributed by atoms with Crippen LogP contribution in [0.1, 0.15) is 45.8 Å². The third kappa shape index (κ3) is 3.22. The van der Waals surface area contributed by atoms with Gasteiger partial charge in [-0.25, -0.2) is 9.31 Å². The number of carbonyl (C=O) groups excluding carboxylic acids is 1. The van der Waals surface area contributed by atoms with Gasteiger partial charge >= 0.3 is 5.97 Å². The number of aryl methyl sites for hydroxylation is 1. The van der Waals surface area contributed by atoms with E-state index in [1.54, 1.807) is 21.5 Å². The second kappa shape index (κ2) is 6.91.